The largest absolute Gasteiger partial charge is 0.378 e. The lowest BCUT2D eigenvalue weighted by Crippen LogP contribution is -2.39. The summed E-state index contributed by atoms with van der Waals surface area (Å²) in [7, 11) is 3.88. The van der Waals surface area contributed by atoms with Crippen LogP contribution in [-0.4, -0.2) is 32.5 Å². The van der Waals surface area contributed by atoms with Gasteiger partial charge in [0, 0.05) is 37.7 Å². The first-order valence-corrected chi connectivity index (χ1v) is 7.48. The number of benzene rings is 2. The zero-order valence-corrected chi connectivity index (χ0v) is 13.6. The van der Waals surface area contributed by atoms with Gasteiger partial charge in [-0.1, -0.05) is 18.2 Å². The van der Waals surface area contributed by atoms with Gasteiger partial charge >= 0.3 is 11.8 Å². The van der Waals surface area contributed by atoms with Crippen LogP contribution in [0.4, 0.5) is 17.1 Å². The Bertz CT molecular complexity index is 666. The van der Waals surface area contributed by atoms with Crippen molar-refractivity contribution >= 4 is 28.9 Å². The van der Waals surface area contributed by atoms with Gasteiger partial charge in [-0.15, -0.1) is 0 Å². The molecular weight excluding hydrogens is 290 g/mol. The second-order valence-electron chi connectivity index (χ2n) is 5.28. The minimum absolute atomic E-state index is 0.426. The van der Waals surface area contributed by atoms with Crippen molar-refractivity contribution in [1.29, 1.82) is 0 Å². The minimum Gasteiger partial charge on any atom is -0.378 e. The molecule has 2 aromatic carbocycles. The second kappa shape index (κ2) is 7.45. The van der Waals surface area contributed by atoms with Gasteiger partial charge in [0.25, 0.3) is 0 Å². The van der Waals surface area contributed by atoms with E-state index < -0.39 is 11.8 Å². The molecule has 1 N–H and O–H groups in total. The van der Waals surface area contributed by atoms with E-state index in [1.807, 2.05) is 56.3 Å². The third-order valence-corrected chi connectivity index (χ3v) is 3.47. The number of carbonyl (C=O) groups is 2. The molecule has 0 aromatic heterocycles. The predicted octanol–water partition coefficient (Wildman–Crippen LogP) is 2.74. The summed E-state index contributed by atoms with van der Waals surface area (Å²) in [5, 5.41) is 2.64. The molecule has 2 amide bonds. The van der Waals surface area contributed by atoms with Gasteiger partial charge in [0.2, 0.25) is 0 Å². The van der Waals surface area contributed by atoms with E-state index in [9.17, 15) is 9.59 Å². The third-order valence-electron chi connectivity index (χ3n) is 3.47. The number of carbonyl (C=O) groups excluding carboxylic acids is 2. The summed E-state index contributed by atoms with van der Waals surface area (Å²) in [5.74, 6) is -1.22. The van der Waals surface area contributed by atoms with Crippen LogP contribution in [0.3, 0.4) is 0 Å². The molecule has 0 aliphatic heterocycles. The second-order valence-corrected chi connectivity index (χ2v) is 5.28. The van der Waals surface area contributed by atoms with Crippen LogP contribution in [0.15, 0.2) is 54.6 Å². The quantitative estimate of drug-likeness (QED) is 0.883. The Labute approximate surface area is 136 Å². The van der Waals surface area contributed by atoms with Crippen LogP contribution in [0.5, 0.6) is 0 Å². The van der Waals surface area contributed by atoms with Gasteiger partial charge in [-0.3, -0.25) is 9.59 Å². The zero-order chi connectivity index (χ0) is 16.8. The molecule has 0 saturated heterocycles. The Kier molecular flexibility index (Phi) is 5.36. The fourth-order valence-electron chi connectivity index (χ4n) is 2.20. The molecule has 2 aromatic rings. The van der Waals surface area contributed by atoms with Gasteiger partial charge < -0.3 is 15.1 Å². The summed E-state index contributed by atoms with van der Waals surface area (Å²) in [6.07, 6.45) is 0. The number of hydrogen-bond acceptors (Lipinski definition) is 3. The number of nitrogens with zero attached hydrogens (tertiary/aromatic N) is 2. The van der Waals surface area contributed by atoms with Crippen molar-refractivity contribution in [1.82, 2.24) is 0 Å². The maximum Gasteiger partial charge on any atom is 0.316 e. The van der Waals surface area contributed by atoms with E-state index in [-0.39, 0.29) is 0 Å². The normalized spacial score (nSPS) is 10.0. The summed E-state index contributed by atoms with van der Waals surface area (Å²) in [4.78, 5) is 28.0. The van der Waals surface area contributed by atoms with Crippen LogP contribution in [0.1, 0.15) is 6.92 Å². The van der Waals surface area contributed by atoms with Gasteiger partial charge in [0.05, 0.1) is 0 Å². The van der Waals surface area contributed by atoms with E-state index in [2.05, 4.69) is 5.32 Å². The molecule has 5 nitrogen and oxygen atoms in total. The Balaban J connectivity index is 2.08. The minimum atomic E-state index is -0.645. The molecule has 0 spiro atoms. The lowest BCUT2D eigenvalue weighted by molar-refractivity contribution is -0.134. The Morgan fingerprint density at radius 1 is 0.913 bits per heavy atom. The maximum absolute atomic E-state index is 12.4. The van der Waals surface area contributed by atoms with Crippen molar-refractivity contribution in [3.05, 3.63) is 54.6 Å². The molecule has 0 radical (unpaired) electrons. The van der Waals surface area contributed by atoms with Crippen LogP contribution >= 0.6 is 0 Å². The van der Waals surface area contributed by atoms with Crippen molar-refractivity contribution in [2.45, 2.75) is 6.92 Å². The molecule has 0 aliphatic carbocycles. The van der Waals surface area contributed by atoms with Crippen LogP contribution in [0, 0.1) is 0 Å². The third kappa shape index (κ3) is 4.10. The lowest BCUT2D eigenvalue weighted by Gasteiger charge is -2.20. The number of likely N-dealkylation sites (N-methyl/N-ethyl adjacent to an activating group) is 1. The smallest absolute Gasteiger partial charge is 0.316 e. The summed E-state index contributed by atoms with van der Waals surface area (Å²) in [5.41, 5.74) is 2.32. The van der Waals surface area contributed by atoms with E-state index in [0.717, 1.165) is 5.69 Å². The van der Waals surface area contributed by atoms with E-state index in [1.165, 1.54) is 4.90 Å². The molecule has 0 bridgehead atoms. The van der Waals surface area contributed by atoms with Crippen LogP contribution < -0.4 is 15.1 Å². The van der Waals surface area contributed by atoms with Crippen molar-refractivity contribution in [3.8, 4) is 0 Å². The highest BCUT2D eigenvalue weighted by Crippen LogP contribution is 2.17. The number of para-hydroxylation sites is 1. The Morgan fingerprint density at radius 2 is 1.52 bits per heavy atom. The number of hydrogen-bond donors (Lipinski definition) is 1. The van der Waals surface area contributed by atoms with Crippen molar-refractivity contribution in [2.75, 3.05) is 35.8 Å². The summed E-state index contributed by atoms with van der Waals surface area (Å²) in [6.45, 7) is 2.26. The molecule has 5 heteroatoms. The highest BCUT2D eigenvalue weighted by molar-refractivity contribution is 6.44. The van der Waals surface area contributed by atoms with Gasteiger partial charge in [0.1, 0.15) is 0 Å². The molecule has 0 atom stereocenters. The number of anilines is 3. The Hall–Kier alpha value is -2.82. The van der Waals surface area contributed by atoms with E-state index in [0.29, 0.717) is 17.9 Å². The van der Waals surface area contributed by atoms with Crippen LogP contribution in [0.25, 0.3) is 0 Å². The number of amides is 2. The highest BCUT2D eigenvalue weighted by atomic mass is 16.2. The fraction of sp³-hybridized carbons (Fsp3) is 0.222. The zero-order valence-electron chi connectivity index (χ0n) is 13.6. The van der Waals surface area contributed by atoms with Crippen LogP contribution in [-0.2, 0) is 9.59 Å². The van der Waals surface area contributed by atoms with E-state index >= 15 is 0 Å². The summed E-state index contributed by atoms with van der Waals surface area (Å²) < 4.78 is 0. The SMILES string of the molecule is CCN(C(=O)C(=O)Nc1ccc(N(C)C)cc1)c1ccccc1. The monoisotopic (exact) mass is 311 g/mol. The summed E-state index contributed by atoms with van der Waals surface area (Å²) in [6, 6.07) is 16.5. The predicted molar refractivity (Wildman–Crippen MR) is 93.9 cm³/mol. The highest BCUT2D eigenvalue weighted by Gasteiger charge is 2.21. The van der Waals surface area contributed by atoms with Gasteiger partial charge in [-0.25, -0.2) is 0 Å². The molecule has 0 heterocycles. The summed E-state index contributed by atoms with van der Waals surface area (Å²) >= 11 is 0. The molecule has 0 unspecified atom stereocenters. The topological polar surface area (TPSA) is 52.7 Å². The van der Waals surface area contributed by atoms with Crippen molar-refractivity contribution in [3.63, 3.8) is 0 Å². The van der Waals surface area contributed by atoms with Crippen LogP contribution in [0.2, 0.25) is 0 Å². The lowest BCUT2D eigenvalue weighted by atomic mass is 10.2. The van der Waals surface area contributed by atoms with Crippen molar-refractivity contribution < 1.29 is 9.59 Å². The first-order valence-electron chi connectivity index (χ1n) is 7.48. The molecule has 0 fully saturated rings. The molecule has 0 aliphatic rings. The number of nitrogens with one attached hydrogen (secondary N) is 1. The van der Waals surface area contributed by atoms with Gasteiger partial charge in [0.15, 0.2) is 0 Å². The first kappa shape index (κ1) is 16.5. The standard InChI is InChI=1S/C18H21N3O2/c1-4-21(16-8-6-5-7-9-16)18(23)17(22)19-14-10-12-15(13-11-14)20(2)3/h5-13H,4H2,1-3H3,(H,19,22). The number of rotatable bonds is 4. The molecule has 23 heavy (non-hydrogen) atoms. The average molecular weight is 311 g/mol. The van der Waals surface area contributed by atoms with E-state index in [1.54, 1.807) is 24.3 Å². The van der Waals surface area contributed by atoms with Gasteiger partial charge in [-0.05, 0) is 43.3 Å². The maximum atomic E-state index is 12.4. The molecule has 0 saturated carbocycles. The molecule has 2 rings (SSSR count). The first-order chi connectivity index (χ1) is 11.0. The fourth-order valence-corrected chi connectivity index (χ4v) is 2.20. The van der Waals surface area contributed by atoms with E-state index in [4.69, 9.17) is 0 Å². The van der Waals surface area contributed by atoms with Gasteiger partial charge in [-0.2, -0.15) is 0 Å². The average Bonchev–Trinajstić information content (AvgIpc) is 2.57. The van der Waals surface area contributed by atoms with Crippen molar-refractivity contribution in [2.24, 2.45) is 0 Å². The molecular formula is C18H21N3O2. The molecule has 120 valence electrons. The Morgan fingerprint density at radius 3 is 2.04 bits per heavy atom.